The molecule has 0 aromatic heterocycles. The smallest absolute Gasteiger partial charge is 0.187 e. The van der Waals surface area contributed by atoms with Crippen molar-refractivity contribution in [3.63, 3.8) is 0 Å². The number of allylic oxidation sites excluding steroid dienone is 2. The van der Waals surface area contributed by atoms with Crippen LogP contribution in [0.1, 0.15) is 52.5 Å². The third-order valence-electron chi connectivity index (χ3n) is 5.27. The van der Waals surface area contributed by atoms with Gasteiger partial charge in [-0.1, -0.05) is 18.2 Å². The van der Waals surface area contributed by atoms with Crippen LogP contribution in [0.5, 0.6) is 0 Å². The van der Waals surface area contributed by atoms with Crippen LogP contribution in [0.25, 0.3) is 0 Å². The SMILES string of the molecule is C/C=C\C(=O)c1cc(C)cc(C(C)Nc2cc(C)cc(C)c2)c1N1CCOCC1. The van der Waals surface area contributed by atoms with Gasteiger partial charge in [0.25, 0.3) is 0 Å². The zero-order chi connectivity index (χ0) is 21.0. The summed E-state index contributed by atoms with van der Waals surface area (Å²) in [5.74, 6) is 0.0533. The molecule has 2 aromatic rings. The van der Waals surface area contributed by atoms with Gasteiger partial charge >= 0.3 is 0 Å². The Hall–Kier alpha value is -2.59. The molecule has 0 bridgehead atoms. The standard InChI is InChI=1S/C25H32N2O2/c1-6-7-24(28)23-16-19(4)15-22(25(23)27-8-10-29-11-9-27)20(5)26-21-13-17(2)12-18(3)14-21/h6-7,12-16,20,26H,8-11H2,1-5H3/b7-6-. The number of benzene rings is 2. The minimum Gasteiger partial charge on any atom is -0.378 e. The summed E-state index contributed by atoms with van der Waals surface area (Å²) < 4.78 is 5.56. The number of nitrogens with one attached hydrogen (secondary N) is 1. The summed E-state index contributed by atoms with van der Waals surface area (Å²) in [6, 6.07) is 10.8. The van der Waals surface area contributed by atoms with Gasteiger partial charge in [-0.15, -0.1) is 0 Å². The summed E-state index contributed by atoms with van der Waals surface area (Å²) in [6.45, 7) is 13.3. The molecule has 1 atom stereocenters. The van der Waals surface area contributed by atoms with Crippen LogP contribution < -0.4 is 10.2 Å². The Balaban J connectivity index is 2.06. The Morgan fingerprint density at radius 1 is 1.03 bits per heavy atom. The van der Waals surface area contributed by atoms with Gasteiger partial charge in [0.2, 0.25) is 0 Å². The van der Waals surface area contributed by atoms with Crippen molar-refractivity contribution in [2.45, 2.75) is 40.7 Å². The molecule has 0 aliphatic carbocycles. The van der Waals surface area contributed by atoms with Crippen molar-refractivity contribution in [3.8, 4) is 0 Å². The maximum Gasteiger partial charge on any atom is 0.187 e. The number of aryl methyl sites for hydroxylation is 3. The van der Waals surface area contributed by atoms with Gasteiger partial charge in [-0.05, 0) is 81.1 Å². The molecule has 1 N–H and O–H groups in total. The molecular weight excluding hydrogens is 360 g/mol. The molecule has 1 aliphatic rings. The molecule has 0 spiro atoms. The van der Waals surface area contributed by atoms with Crippen molar-refractivity contribution in [1.29, 1.82) is 0 Å². The number of nitrogens with zero attached hydrogens (tertiary/aromatic N) is 1. The Morgan fingerprint density at radius 2 is 1.66 bits per heavy atom. The van der Waals surface area contributed by atoms with E-state index < -0.39 is 0 Å². The Kier molecular flexibility index (Phi) is 6.75. The minimum atomic E-state index is 0.0533. The second kappa shape index (κ2) is 9.27. The van der Waals surface area contributed by atoms with E-state index in [1.807, 2.05) is 19.1 Å². The average molecular weight is 393 g/mol. The molecule has 4 nitrogen and oxygen atoms in total. The highest BCUT2D eigenvalue weighted by Gasteiger charge is 2.24. The lowest BCUT2D eigenvalue weighted by molar-refractivity contribution is 0.104. The van der Waals surface area contributed by atoms with Gasteiger partial charge in [-0.3, -0.25) is 4.79 Å². The van der Waals surface area contributed by atoms with E-state index in [2.05, 4.69) is 62.2 Å². The molecular formula is C25H32N2O2. The Bertz CT molecular complexity index is 891. The van der Waals surface area contributed by atoms with Crippen molar-refractivity contribution < 1.29 is 9.53 Å². The summed E-state index contributed by atoms with van der Waals surface area (Å²) in [7, 11) is 0. The normalized spacial score (nSPS) is 15.6. The average Bonchev–Trinajstić information content (AvgIpc) is 2.67. The number of carbonyl (C=O) groups is 1. The molecule has 1 unspecified atom stereocenters. The van der Waals surface area contributed by atoms with Crippen LogP contribution in [0, 0.1) is 20.8 Å². The number of anilines is 2. The van der Waals surface area contributed by atoms with Gasteiger partial charge in [0.05, 0.1) is 24.9 Å². The molecule has 1 aliphatic heterocycles. The van der Waals surface area contributed by atoms with Crippen LogP contribution in [0.15, 0.2) is 42.5 Å². The number of rotatable bonds is 6. The van der Waals surface area contributed by atoms with E-state index >= 15 is 0 Å². The predicted octanol–water partition coefficient (Wildman–Crippen LogP) is 5.38. The molecule has 0 amide bonds. The monoisotopic (exact) mass is 392 g/mol. The molecule has 1 heterocycles. The second-order valence-corrected chi connectivity index (χ2v) is 7.96. The zero-order valence-corrected chi connectivity index (χ0v) is 18.2. The van der Waals surface area contributed by atoms with Gasteiger partial charge in [0, 0.05) is 24.3 Å². The summed E-state index contributed by atoms with van der Waals surface area (Å²) in [4.78, 5) is 15.2. The van der Waals surface area contributed by atoms with Gasteiger partial charge in [-0.2, -0.15) is 0 Å². The van der Waals surface area contributed by atoms with Crippen LogP contribution in [-0.2, 0) is 4.74 Å². The fourth-order valence-corrected chi connectivity index (χ4v) is 4.09. The summed E-state index contributed by atoms with van der Waals surface area (Å²) in [5.41, 5.74) is 7.63. The van der Waals surface area contributed by atoms with Crippen molar-refractivity contribution in [3.05, 3.63) is 70.3 Å². The quantitative estimate of drug-likeness (QED) is 0.529. The molecule has 2 aromatic carbocycles. The van der Waals surface area contributed by atoms with Crippen LogP contribution >= 0.6 is 0 Å². The van der Waals surface area contributed by atoms with E-state index in [-0.39, 0.29) is 11.8 Å². The lowest BCUT2D eigenvalue weighted by Gasteiger charge is -2.34. The maximum atomic E-state index is 12.9. The molecule has 29 heavy (non-hydrogen) atoms. The number of carbonyl (C=O) groups excluding carboxylic acids is 1. The lowest BCUT2D eigenvalue weighted by atomic mass is 9.94. The second-order valence-electron chi connectivity index (χ2n) is 7.96. The van der Waals surface area contributed by atoms with E-state index in [1.54, 1.807) is 6.08 Å². The molecule has 4 heteroatoms. The first kappa shape index (κ1) is 21.1. The fraction of sp³-hybridized carbons (Fsp3) is 0.400. The first-order valence-electron chi connectivity index (χ1n) is 10.4. The number of morpholine rings is 1. The van der Waals surface area contributed by atoms with Crippen LogP contribution in [0.2, 0.25) is 0 Å². The van der Waals surface area contributed by atoms with Crippen molar-refractivity contribution in [2.75, 3.05) is 36.5 Å². The highest BCUT2D eigenvalue weighted by atomic mass is 16.5. The van der Waals surface area contributed by atoms with E-state index in [9.17, 15) is 4.79 Å². The van der Waals surface area contributed by atoms with Gasteiger partial charge in [0.15, 0.2) is 5.78 Å². The van der Waals surface area contributed by atoms with Gasteiger partial charge < -0.3 is 15.0 Å². The van der Waals surface area contributed by atoms with Crippen molar-refractivity contribution in [2.24, 2.45) is 0 Å². The lowest BCUT2D eigenvalue weighted by Crippen LogP contribution is -2.38. The zero-order valence-electron chi connectivity index (χ0n) is 18.2. The van der Waals surface area contributed by atoms with Crippen molar-refractivity contribution >= 4 is 17.2 Å². The number of ether oxygens (including phenoxy) is 1. The number of hydrogen-bond acceptors (Lipinski definition) is 4. The largest absolute Gasteiger partial charge is 0.378 e. The highest BCUT2D eigenvalue weighted by molar-refractivity contribution is 6.09. The molecule has 3 rings (SSSR count). The molecule has 1 fully saturated rings. The van der Waals surface area contributed by atoms with Crippen molar-refractivity contribution in [1.82, 2.24) is 0 Å². The van der Waals surface area contributed by atoms with Gasteiger partial charge in [0.1, 0.15) is 0 Å². The van der Waals surface area contributed by atoms with Crippen LogP contribution in [0.3, 0.4) is 0 Å². The van der Waals surface area contributed by atoms with E-state index in [0.717, 1.165) is 41.2 Å². The summed E-state index contributed by atoms with van der Waals surface area (Å²) in [6.07, 6.45) is 3.47. The third-order valence-corrected chi connectivity index (χ3v) is 5.27. The van der Waals surface area contributed by atoms with Crippen LogP contribution in [-0.4, -0.2) is 32.1 Å². The highest BCUT2D eigenvalue weighted by Crippen LogP contribution is 2.35. The molecule has 0 saturated carbocycles. The summed E-state index contributed by atoms with van der Waals surface area (Å²) >= 11 is 0. The number of hydrogen-bond donors (Lipinski definition) is 1. The first-order valence-corrected chi connectivity index (χ1v) is 10.4. The van der Waals surface area contributed by atoms with E-state index in [0.29, 0.717) is 13.2 Å². The van der Waals surface area contributed by atoms with Gasteiger partial charge in [-0.25, -0.2) is 0 Å². The van der Waals surface area contributed by atoms with E-state index in [1.165, 1.54) is 11.1 Å². The molecule has 154 valence electrons. The maximum absolute atomic E-state index is 12.9. The van der Waals surface area contributed by atoms with Crippen LogP contribution in [0.4, 0.5) is 11.4 Å². The predicted molar refractivity (Wildman–Crippen MR) is 121 cm³/mol. The first-order chi connectivity index (χ1) is 13.9. The fourth-order valence-electron chi connectivity index (χ4n) is 4.09. The molecule has 1 saturated heterocycles. The summed E-state index contributed by atoms with van der Waals surface area (Å²) in [5, 5.41) is 3.66. The molecule has 0 radical (unpaired) electrons. The number of ketones is 1. The van der Waals surface area contributed by atoms with E-state index in [4.69, 9.17) is 4.74 Å². The third kappa shape index (κ3) is 5.07. The Morgan fingerprint density at radius 3 is 2.28 bits per heavy atom. The topological polar surface area (TPSA) is 41.6 Å². The minimum absolute atomic E-state index is 0.0533. The Labute approximate surface area is 174 Å².